The molecule has 1 aliphatic carbocycles. The van der Waals surface area contributed by atoms with E-state index in [1.807, 2.05) is 19.1 Å². The molecule has 0 radical (unpaired) electrons. The van der Waals surface area contributed by atoms with Gasteiger partial charge in [-0.25, -0.2) is 0 Å². The summed E-state index contributed by atoms with van der Waals surface area (Å²) in [5.74, 6) is 0. The van der Waals surface area contributed by atoms with Crippen molar-refractivity contribution < 1.29 is 0 Å². The molecule has 0 heterocycles. The van der Waals surface area contributed by atoms with Crippen LogP contribution in [0.15, 0.2) is 105 Å². The van der Waals surface area contributed by atoms with Crippen LogP contribution in [0.5, 0.6) is 0 Å². The van der Waals surface area contributed by atoms with Crippen LogP contribution in [0.2, 0.25) is 0 Å². The van der Waals surface area contributed by atoms with E-state index >= 15 is 0 Å². The van der Waals surface area contributed by atoms with Crippen molar-refractivity contribution in [1.29, 1.82) is 5.26 Å². The monoisotopic (exact) mass is 371 g/mol. The van der Waals surface area contributed by atoms with Crippen molar-refractivity contribution in [1.82, 2.24) is 0 Å². The molecule has 0 aromatic heterocycles. The van der Waals surface area contributed by atoms with Crippen LogP contribution < -0.4 is 0 Å². The van der Waals surface area contributed by atoms with Crippen molar-refractivity contribution in [2.24, 2.45) is 0 Å². The minimum Gasteiger partial charge on any atom is -0.193 e. The minimum absolute atomic E-state index is 0.717. The summed E-state index contributed by atoms with van der Waals surface area (Å²) in [4.78, 5) is 0. The normalized spacial score (nSPS) is 16.9. The molecule has 0 N–H and O–H groups in total. The lowest BCUT2D eigenvalue weighted by molar-refractivity contribution is 1.19. The molecule has 146 valence electrons. The van der Waals surface area contributed by atoms with Crippen LogP contribution in [0, 0.1) is 11.3 Å². The van der Waals surface area contributed by atoms with Crippen LogP contribution in [-0.2, 0) is 0 Å². The van der Waals surface area contributed by atoms with Crippen LogP contribution >= 0.6 is 0 Å². The highest BCUT2D eigenvalue weighted by Crippen LogP contribution is 2.26. The predicted molar refractivity (Wildman–Crippen MR) is 124 cm³/mol. The largest absolute Gasteiger partial charge is 0.193 e. The Morgan fingerprint density at radius 1 is 0.857 bits per heavy atom. The van der Waals surface area contributed by atoms with Gasteiger partial charge in [-0.2, -0.15) is 5.26 Å². The van der Waals surface area contributed by atoms with Gasteiger partial charge in [0.25, 0.3) is 0 Å². The second-order valence-corrected chi connectivity index (χ2v) is 7.61. The second-order valence-electron chi connectivity index (χ2n) is 7.61. The minimum atomic E-state index is 0.717. The van der Waals surface area contributed by atoms with Gasteiger partial charge in [0.2, 0.25) is 0 Å². The SMILES string of the molecule is CC(C)=C/C(C)=C/C=C(C)/C(C)=C/C=C(\C)C1=CC=C(/C=C/C=C(/C)C#N)C1. The summed E-state index contributed by atoms with van der Waals surface area (Å²) < 4.78 is 0. The summed E-state index contributed by atoms with van der Waals surface area (Å²) in [5, 5.41) is 8.78. The van der Waals surface area contributed by atoms with E-state index in [1.54, 1.807) is 0 Å². The van der Waals surface area contributed by atoms with E-state index in [9.17, 15) is 0 Å². The van der Waals surface area contributed by atoms with Crippen LogP contribution in [0.25, 0.3) is 0 Å². The second kappa shape index (κ2) is 11.8. The van der Waals surface area contributed by atoms with Crippen molar-refractivity contribution >= 4 is 0 Å². The summed E-state index contributed by atoms with van der Waals surface area (Å²) in [5.41, 5.74) is 9.72. The lowest BCUT2D eigenvalue weighted by Gasteiger charge is -2.04. The Labute approximate surface area is 171 Å². The predicted octanol–water partition coefficient (Wildman–Crippen LogP) is 8.02. The molecule has 1 heteroatoms. The van der Waals surface area contributed by atoms with Crippen molar-refractivity contribution in [2.75, 3.05) is 0 Å². The number of hydrogen-bond acceptors (Lipinski definition) is 1. The van der Waals surface area contributed by atoms with Gasteiger partial charge in [-0.3, -0.25) is 0 Å². The topological polar surface area (TPSA) is 23.8 Å². The van der Waals surface area contributed by atoms with E-state index < -0.39 is 0 Å². The lowest BCUT2D eigenvalue weighted by atomic mass is 10.0. The first-order valence-corrected chi connectivity index (χ1v) is 9.73. The number of allylic oxidation sites excluding steroid dienone is 18. The van der Waals surface area contributed by atoms with E-state index in [0.29, 0.717) is 5.57 Å². The van der Waals surface area contributed by atoms with Gasteiger partial charge < -0.3 is 0 Å². The van der Waals surface area contributed by atoms with Gasteiger partial charge in [0.05, 0.1) is 6.07 Å². The van der Waals surface area contributed by atoms with Crippen molar-refractivity contribution in [3.63, 3.8) is 0 Å². The Bertz CT molecular complexity index is 890. The van der Waals surface area contributed by atoms with Gasteiger partial charge in [0.15, 0.2) is 0 Å². The molecule has 1 nitrogen and oxygen atoms in total. The Hall–Kier alpha value is -2.85. The summed E-state index contributed by atoms with van der Waals surface area (Å²) >= 11 is 0. The first kappa shape index (κ1) is 23.2. The Kier molecular flexibility index (Phi) is 9.75. The molecule has 0 atom stereocenters. The molecule has 0 bridgehead atoms. The molecular weight excluding hydrogens is 338 g/mol. The Morgan fingerprint density at radius 3 is 2.11 bits per heavy atom. The van der Waals surface area contributed by atoms with Gasteiger partial charge in [-0.1, -0.05) is 65.8 Å². The Balaban J connectivity index is 2.74. The molecule has 0 amide bonds. The molecule has 1 aliphatic rings. The molecule has 0 aliphatic heterocycles. The summed E-state index contributed by atoms with van der Waals surface area (Å²) in [6.45, 7) is 14.6. The van der Waals surface area contributed by atoms with Gasteiger partial charge in [0, 0.05) is 5.57 Å². The third kappa shape index (κ3) is 8.69. The van der Waals surface area contributed by atoms with Crippen molar-refractivity contribution in [3.05, 3.63) is 105 Å². The van der Waals surface area contributed by atoms with Crippen molar-refractivity contribution in [2.45, 2.75) is 54.9 Å². The maximum Gasteiger partial charge on any atom is 0.0944 e. The van der Waals surface area contributed by atoms with E-state index in [0.717, 1.165) is 6.42 Å². The van der Waals surface area contributed by atoms with Gasteiger partial charge >= 0.3 is 0 Å². The molecule has 0 spiro atoms. The Morgan fingerprint density at radius 2 is 1.50 bits per heavy atom. The van der Waals surface area contributed by atoms with Gasteiger partial charge in [-0.05, 0) is 88.8 Å². The van der Waals surface area contributed by atoms with Crippen molar-refractivity contribution in [3.8, 4) is 6.07 Å². The highest BCUT2D eigenvalue weighted by molar-refractivity contribution is 5.48. The fourth-order valence-corrected chi connectivity index (χ4v) is 2.66. The van der Waals surface area contributed by atoms with E-state index in [-0.39, 0.29) is 0 Å². The van der Waals surface area contributed by atoms with E-state index in [4.69, 9.17) is 5.26 Å². The van der Waals surface area contributed by atoms with Crippen LogP contribution in [0.4, 0.5) is 0 Å². The quantitative estimate of drug-likeness (QED) is 0.328. The standard InChI is InChI=1S/C27H33N/c1-20(2)17-21(3)11-12-23(5)24(6)13-14-25(7)27-16-15-26(18-27)10-8-9-22(4)19-28/h8-17H,18H2,1-7H3/b10-8+,21-11+,22-9-,23-12+,24-13+,25-14+. The lowest BCUT2D eigenvalue weighted by Crippen LogP contribution is -1.84. The fourth-order valence-electron chi connectivity index (χ4n) is 2.66. The molecule has 0 saturated carbocycles. The maximum absolute atomic E-state index is 8.78. The van der Waals surface area contributed by atoms with E-state index in [1.165, 1.54) is 39.0 Å². The zero-order chi connectivity index (χ0) is 21.1. The fraction of sp³-hybridized carbons (Fsp3) is 0.296. The summed E-state index contributed by atoms with van der Waals surface area (Å²) in [6.07, 6.45) is 22.1. The smallest absolute Gasteiger partial charge is 0.0944 e. The van der Waals surface area contributed by atoms with Crippen LogP contribution in [0.3, 0.4) is 0 Å². The zero-order valence-corrected chi connectivity index (χ0v) is 18.4. The zero-order valence-electron chi connectivity index (χ0n) is 18.4. The average Bonchev–Trinajstić information content (AvgIpc) is 3.12. The summed E-state index contributed by atoms with van der Waals surface area (Å²) in [6, 6.07) is 2.13. The van der Waals surface area contributed by atoms with E-state index in [2.05, 4.69) is 96.2 Å². The number of nitrogens with zero attached hydrogens (tertiary/aromatic N) is 1. The molecule has 28 heavy (non-hydrogen) atoms. The first-order chi connectivity index (χ1) is 13.2. The maximum atomic E-state index is 8.78. The molecular formula is C27H33N. The average molecular weight is 372 g/mol. The third-order valence-electron chi connectivity index (χ3n) is 4.55. The van der Waals surface area contributed by atoms with Gasteiger partial charge in [-0.15, -0.1) is 0 Å². The third-order valence-corrected chi connectivity index (χ3v) is 4.55. The van der Waals surface area contributed by atoms with Gasteiger partial charge in [0.1, 0.15) is 0 Å². The molecule has 0 unspecified atom stereocenters. The highest BCUT2D eigenvalue weighted by atomic mass is 14.2. The number of nitriles is 1. The molecule has 0 saturated heterocycles. The van der Waals surface area contributed by atoms with Crippen LogP contribution in [-0.4, -0.2) is 0 Å². The number of rotatable bonds is 7. The molecule has 1 rings (SSSR count). The van der Waals surface area contributed by atoms with Crippen LogP contribution in [0.1, 0.15) is 54.9 Å². The first-order valence-electron chi connectivity index (χ1n) is 9.73. The molecule has 0 aromatic rings. The molecule has 0 fully saturated rings. The summed E-state index contributed by atoms with van der Waals surface area (Å²) in [7, 11) is 0. The number of hydrogen-bond donors (Lipinski definition) is 0. The highest BCUT2D eigenvalue weighted by Gasteiger charge is 2.07. The molecule has 0 aromatic carbocycles.